The van der Waals surface area contributed by atoms with Crippen LogP contribution in [-0.4, -0.2) is 76.5 Å². The summed E-state index contributed by atoms with van der Waals surface area (Å²) in [6, 6.07) is 11.5. The summed E-state index contributed by atoms with van der Waals surface area (Å²) in [5.74, 6) is 0.371. The summed E-state index contributed by atoms with van der Waals surface area (Å²) in [4.78, 5) is 16.6. The van der Waals surface area contributed by atoms with Crippen molar-refractivity contribution in [3.8, 4) is 0 Å². The second-order valence-corrected chi connectivity index (χ2v) is 10.5. The number of hydrazine groups is 1. The first-order valence-corrected chi connectivity index (χ1v) is 12.5. The van der Waals surface area contributed by atoms with Gasteiger partial charge in [0, 0.05) is 43.8 Å². The normalized spacial score (nSPS) is 34.8. The van der Waals surface area contributed by atoms with Gasteiger partial charge in [0.25, 0.3) is 0 Å². The van der Waals surface area contributed by atoms with Crippen LogP contribution in [0.15, 0.2) is 48.8 Å². The Kier molecular flexibility index (Phi) is 6.09. The number of halogens is 3. The number of amides is 2. The standard InChI is InChI=1S/C25H30F3N7O/c26-25(27,28)14-34-12-19(15-4-2-1-3-5-15)22(13-34)35-11-17-8-18-21(9-20(17)31-24(35)36)32-33-23(18)16-6-7-29-30-10-16/h1-7,10,17-23,32-33H,8-9,11-14H2,(H,31,36)/t17?,18?,19-,20?,21?,22+,23?/m0/s1. The van der Waals surface area contributed by atoms with E-state index in [-0.39, 0.29) is 55.1 Å². The monoisotopic (exact) mass is 501 g/mol. The summed E-state index contributed by atoms with van der Waals surface area (Å²) in [5, 5.41) is 11.1. The summed E-state index contributed by atoms with van der Waals surface area (Å²) in [6.07, 6.45) is 0.900. The molecule has 4 fully saturated rings. The molecular weight excluding hydrogens is 471 g/mol. The van der Waals surface area contributed by atoms with Crippen LogP contribution in [0.4, 0.5) is 18.0 Å². The molecule has 192 valence electrons. The second-order valence-electron chi connectivity index (χ2n) is 10.5. The first-order valence-electron chi connectivity index (χ1n) is 12.5. The van der Waals surface area contributed by atoms with Crippen molar-refractivity contribution in [3.63, 3.8) is 0 Å². The van der Waals surface area contributed by atoms with Gasteiger partial charge in [-0.3, -0.25) is 10.3 Å². The van der Waals surface area contributed by atoms with Crippen molar-refractivity contribution in [3.05, 3.63) is 59.9 Å². The molecule has 11 heteroatoms. The molecule has 1 aliphatic carbocycles. The molecule has 1 aromatic heterocycles. The quantitative estimate of drug-likeness (QED) is 0.597. The number of carbonyl (C=O) groups is 1. The minimum atomic E-state index is -4.27. The summed E-state index contributed by atoms with van der Waals surface area (Å²) >= 11 is 0. The van der Waals surface area contributed by atoms with E-state index in [0.29, 0.717) is 12.5 Å². The van der Waals surface area contributed by atoms with Crippen molar-refractivity contribution >= 4 is 6.03 Å². The lowest BCUT2D eigenvalue weighted by molar-refractivity contribution is -0.143. The van der Waals surface area contributed by atoms with Gasteiger partial charge >= 0.3 is 12.2 Å². The molecule has 8 nitrogen and oxygen atoms in total. The van der Waals surface area contributed by atoms with Gasteiger partial charge in [-0.15, -0.1) is 0 Å². The molecule has 0 radical (unpaired) electrons. The van der Waals surface area contributed by atoms with Crippen LogP contribution in [0.3, 0.4) is 0 Å². The molecule has 5 unspecified atom stereocenters. The number of hydrogen-bond acceptors (Lipinski definition) is 6. The number of benzene rings is 1. The number of alkyl halides is 3. The van der Waals surface area contributed by atoms with Crippen molar-refractivity contribution in [1.29, 1.82) is 0 Å². The molecule has 4 heterocycles. The molecule has 2 aromatic rings. The molecule has 0 spiro atoms. The highest BCUT2D eigenvalue weighted by Gasteiger charge is 2.50. The van der Waals surface area contributed by atoms with Crippen LogP contribution in [0.5, 0.6) is 0 Å². The molecule has 1 aromatic carbocycles. The zero-order valence-corrected chi connectivity index (χ0v) is 19.7. The van der Waals surface area contributed by atoms with Gasteiger partial charge in [0.15, 0.2) is 0 Å². The maximum absolute atomic E-state index is 13.3. The number of fused-ring (bicyclic) bond motifs is 2. The van der Waals surface area contributed by atoms with Gasteiger partial charge in [-0.25, -0.2) is 10.2 Å². The van der Waals surface area contributed by atoms with Crippen LogP contribution in [0, 0.1) is 11.8 Å². The Morgan fingerprint density at radius 2 is 1.78 bits per heavy atom. The SMILES string of the molecule is O=C1NC2CC3NNC(c4ccnnc4)C3CC2CN1[C@@H]1CN(CC(F)(F)F)C[C@H]1c1ccccc1. The topological polar surface area (TPSA) is 85.4 Å². The first kappa shape index (κ1) is 23.6. The number of nitrogens with one attached hydrogen (secondary N) is 3. The molecular formula is C25H30F3N7O. The largest absolute Gasteiger partial charge is 0.401 e. The number of hydrogen-bond donors (Lipinski definition) is 3. The molecule has 0 bridgehead atoms. The van der Waals surface area contributed by atoms with Crippen molar-refractivity contribution in [2.45, 2.75) is 49.1 Å². The number of aromatic nitrogens is 2. The van der Waals surface area contributed by atoms with E-state index in [1.165, 1.54) is 4.90 Å². The van der Waals surface area contributed by atoms with Gasteiger partial charge in [-0.2, -0.15) is 23.4 Å². The number of carbonyl (C=O) groups excluding carboxylic acids is 1. The van der Waals surface area contributed by atoms with Crippen molar-refractivity contribution < 1.29 is 18.0 Å². The number of rotatable bonds is 4. The molecule has 4 aliphatic rings. The van der Waals surface area contributed by atoms with Gasteiger partial charge in [0.05, 0.1) is 24.8 Å². The van der Waals surface area contributed by atoms with E-state index in [1.807, 2.05) is 41.3 Å². The van der Waals surface area contributed by atoms with Crippen molar-refractivity contribution in [1.82, 2.24) is 36.2 Å². The van der Waals surface area contributed by atoms with Crippen molar-refractivity contribution in [2.24, 2.45) is 11.8 Å². The summed E-state index contributed by atoms with van der Waals surface area (Å²) in [5.41, 5.74) is 8.85. The highest BCUT2D eigenvalue weighted by Crippen LogP contribution is 2.43. The van der Waals surface area contributed by atoms with E-state index in [2.05, 4.69) is 26.4 Å². The van der Waals surface area contributed by atoms with Crippen LogP contribution in [0.25, 0.3) is 0 Å². The Bertz CT molecular complexity index is 1070. The predicted molar refractivity (Wildman–Crippen MR) is 126 cm³/mol. The van der Waals surface area contributed by atoms with E-state index >= 15 is 0 Å². The maximum Gasteiger partial charge on any atom is 0.401 e. The fourth-order valence-electron chi connectivity index (χ4n) is 6.81. The lowest BCUT2D eigenvalue weighted by atomic mass is 9.71. The third-order valence-corrected chi connectivity index (χ3v) is 8.38. The van der Waals surface area contributed by atoms with Gasteiger partial charge in [0.1, 0.15) is 0 Å². The molecule has 3 aliphatic heterocycles. The minimum absolute atomic E-state index is 0.0430. The molecule has 3 saturated heterocycles. The van der Waals surface area contributed by atoms with E-state index in [4.69, 9.17) is 0 Å². The average molecular weight is 502 g/mol. The fourth-order valence-corrected chi connectivity index (χ4v) is 6.81. The van der Waals surface area contributed by atoms with Crippen molar-refractivity contribution in [2.75, 3.05) is 26.2 Å². The third kappa shape index (κ3) is 4.55. The molecule has 1 saturated carbocycles. The molecule has 6 rings (SSSR count). The number of urea groups is 1. The lowest BCUT2D eigenvalue weighted by Gasteiger charge is -2.48. The van der Waals surface area contributed by atoms with Crippen LogP contribution in [0.2, 0.25) is 0 Å². The second kappa shape index (κ2) is 9.28. The van der Waals surface area contributed by atoms with Gasteiger partial charge < -0.3 is 10.2 Å². The summed E-state index contributed by atoms with van der Waals surface area (Å²) < 4.78 is 39.8. The zero-order chi connectivity index (χ0) is 24.9. The summed E-state index contributed by atoms with van der Waals surface area (Å²) in [6.45, 7) is 0.0814. The third-order valence-electron chi connectivity index (χ3n) is 8.38. The van der Waals surface area contributed by atoms with Crippen LogP contribution < -0.4 is 16.2 Å². The van der Waals surface area contributed by atoms with Crippen LogP contribution in [0.1, 0.15) is 35.9 Å². The van der Waals surface area contributed by atoms with Gasteiger partial charge in [-0.05, 0) is 41.9 Å². The Balaban J connectivity index is 1.22. The number of nitrogens with zero attached hydrogens (tertiary/aromatic N) is 4. The predicted octanol–water partition coefficient (Wildman–Crippen LogP) is 2.44. The highest BCUT2D eigenvalue weighted by atomic mass is 19.4. The fraction of sp³-hybridized carbons (Fsp3) is 0.560. The Morgan fingerprint density at radius 1 is 0.944 bits per heavy atom. The van der Waals surface area contributed by atoms with E-state index < -0.39 is 12.7 Å². The maximum atomic E-state index is 13.3. The van der Waals surface area contributed by atoms with E-state index in [1.54, 1.807) is 12.4 Å². The molecule has 7 atom stereocenters. The van der Waals surface area contributed by atoms with Gasteiger partial charge in [-0.1, -0.05) is 30.3 Å². The molecule has 2 amide bonds. The lowest BCUT2D eigenvalue weighted by Crippen LogP contribution is -2.63. The minimum Gasteiger partial charge on any atom is -0.335 e. The summed E-state index contributed by atoms with van der Waals surface area (Å²) in [7, 11) is 0. The molecule has 36 heavy (non-hydrogen) atoms. The first-order chi connectivity index (χ1) is 17.4. The van der Waals surface area contributed by atoms with Crippen LogP contribution in [-0.2, 0) is 0 Å². The molecule has 3 N–H and O–H groups in total. The zero-order valence-electron chi connectivity index (χ0n) is 19.7. The smallest absolute Gasteiger partial charge is 0.335 e. The Hall–Kier alpha value is -2.76. The van der Waals surface area contributed by atoms with Crippen LogP contribution >= 0.6 is 0 Å². The highest BCUT2D eigenvalue weighted by molar-refractivity contribution is 5.76. The Morgan fingerprint density at radius 3 is 2.53 bits per heavy atom. The average Bonchev–Trinajstić information content (AvgIpc) is 3.46. The van der Waals surface area contributed by atoms with Gasteiger partial charge in [0.2, 0.25) is 0 Å². The Labute approximate surface area is 207 Å². The van der Waals surface area contributed by atoms with E-state index in [0.717, 1.165) is 24.0 Å². The number of likely N-dealkylation sites (tertiary alicyclic amines) is 1. The van der Waals surface area contributed by atoms with E-state index in [9.17, 15) is 18.0 Å².